The molecule has 0 bridgehead atoms. The lowest BCUT2D eigenvalue weighted by molar-refractivity contribution is -0.274. The van der Waals surface area contributed by atoms with E-state index in [0.717, 1.165) is 32.1 Å². The lowest BCUT2D eigenvalue weighted by Crippen LogP contribution is -2.55. The summed E-state index contributed by atoms with van der Waals surface area (Å²) in [5.74, 6) is -0.380. The zero-order chi connectivity index (χ0) is 23.4. The first-order chi connectivity index (χ1) is 14.9. The molecule has 1 aromatic carbocycles. The van der Waals surface area contributed by atoms with Gasteiger partial charge in [0.15, 0.2) is 6.10 Å². The van der Waals surface area contributed by atoms with Crippen LogP contribution in [-0.2, 0) is 11.2 Å². The summed E-state index contributed by atoms with van der Waals surface area (Å²) in [5.41, 5.74) is -0.341. The van der Waals surface area contributed by atoms with Crippen molar-refractivity contribution in [3.63, 3.8) is 0 Å². The van der Waals surface area contributed by atoms with Crippen LogP contribution in [0, 0.1) is 0 Å². The van der Waals surface area contributed by atoms with Gasteiger partial charge in [-0.1, -0.05) is 25.0 Å². The molecule has 2 aliphatic rings. The Labute approximate surface area is 183 Å². The molecule has 32 heavy (non-hydrogen) atoms. The second-order valence-electron chi connectivity index (χ2n) is 8.85. The normalized spacial score (nSPS) is 26.3. The van der Waals surface area contributed by atoms with E-state index in [4.69, 9.17) is 4.74 Å². The van der Waals surface area contributed by atoms with Gasteiger partial charge in [-0.15, -0.1) is 13.2 Å². The highest BCUT2D eigenvalue weighted by Crippen LogP contribution is 2.36. The Hall–Kier alpha value is -1.52. The summed E-state index contributed by atoms with van der Waals surface area (Å²) < 4.78 is 86.6. The molecule has 3 atom stereocenters. The smallest absolute Gasteiger partial charge is 0.406 e. The Bertz CT molecular complexity index is 735. The molecule has 2 N–H and O–H groups in total. The van der Waals surface area contributed by atoms with Crippen LogP contribution in [0.4, 0.5) is 26.3 Å². The molecule has 10 heteroatoms. The lowest BCUT2D eigenvalue weighted by Gasteiger charge is -2.43. The number of ether oxygens (including phenoxy) is 2. The van der Waals surface area contributed by atoms with Crippen LogP contribution >= 0.6 is 0 Å². The molecule has 0 amide bonds. The monoisotopic (exact) mass is 469 g/mol. The largest absolute Gasteiger partial charge is 0.573 e. The quantitative estimate of drug-likeness (QED) is 0.509. The van der Waals surface area contributed by atoms with Crippen LogP contribution in [0.15, 0.2) is 24.3 Å². The third-order valence-electron chi connectivity index (χ3n) is 6.21. The van der Waals surface area contributed by atoms with Gasteiger partial charge >= 0.3 is 12.5 Å². The van der Waals surface area contributed by atoms with Gasteiger partial charge < -0.3 is 19.9 Å². The van der Waals surface area contributed by atoms with Gasteiger partial charge in [-0.25, -0.2) is 0 Å². The van der Waals surface area contributed by atoms with Crippen molar-refractivity contribution in [2.45, 2.75) is 94.2 Å². The summed E-state index contributed by atoms with van der Waals surface area (Å²) in [6, 6.07) is 5.47. The minimum Gasteiger partial charge on any atom is -0.406 e. The molecular weight excluding hydrogens is 440 g/mol. The van der Waals surface area contributed by atoms with Gasteiger partial charge in [-0.3, -0.25) is 0 Å². The first-order valence-electron chi connectivity index (χ1n) is 10.9. The Balaban J connectivity index is 1.76. The van der Waals surface area contributed by atoms with Crippen molar-refractivity contribution < 1.29 is 40.9 Å². The van der Waals surface area contributed by atoms with Crippen molar-refractivity contribution in [3.8, 4) is 5.75 Å². The van der Waals surface area contributed by atoms with E-state index < -0.39 is 30.7 Å². The van der Waals surface area contributed by atoms with E-state index in [1.54, 1.807) is 6.07 Å². The number of rotatable bonds is 8. The molecule has 4 nitrogen and oxygen atoms in total. The van der Waals surface area contributed by atoms with Gasteiger partial charge in [0.05, 0.1) is 12.2 Å². The summed E-state index contributed by atoms with van der Waals surface area (Å²) >= 11 is 0. The van der Waals surface area contributed by atoms with Crippen LogP contribution in [0.2, 0.25) is 0 Å². The molecule has 0 heterocycles. The highest BCUT2D eigenvalue weighted by Gasteiger charge is 2.42. The first kappa shape index (κ1) is 25.1. The van der Waals surface area contributed by atoms with E-state index in [1.807, 2.05) is 0 Å². The summed E-state index contributed by atoms with van der Waals surface area (Å²) in [6.07, 6.45) is -5.45. The van der Waals surface area contributed by atoms with Gasteiger partial charge in [-0.2, -0.15) is 13.2 Å². The van der Waals surface area contributed by atoms with Crippen LogP contribution in [0.3, 0.4) is 0 Å². The molecule has 3 rings (SSSR count). The molecule has 3 unspecified atom stereocenters. The zero-order valence-corrected chi connectivity index (χ0v) is 17.6. The van der Waals surface area contributed by atoms with Gasteiger partial charge in [0, 0.05) is 12.1 Å². The third-order valence-corrected chi connectivity index (χ3v) is 6.21. The average Bonchev–Trinajstić information content (AvgIpc) is 3.17. The molecule has 0 saturated heterocycles. The molecule has 2 saturated carbocycles. The summed E-state index contributed by atoms with van der Waals surface area (Å²) in [5, 5.41) is 12.4. The number of benzene rings is 1. The zero-order valence-electron chi connectivity index (χ0n) is 17.6. The standard InChI is InChI=1S/C22H29F6NO3/c23-21(24,25)19(30)14-29-20(10-4-9-18(13-20)31-16-6-1-2-7-16)12-15-5-3-8-17(11-15)32-22(26,27)28/h3,5,8,11,16,18-19,29-30H,1-2,4,6-7,9-10,12-14H2. The van der Waals surface area contributed by atoms with E-state index in [9.17, 15) is 31.4 Å². The number of aliphatic hydroxyl groups excluding tert-OH is 1. The average molecular weight is 469 g/mol. The predicted octanol–water partition coefficient (Wildman–Crippen LogP) is 5.28. The highest BCUT2D eigenvalue weighted by atomic mass is 19.4. The van der Waals surface area contributed by atoms with Gasteiger partial charge in [-0.05, 0) is 62.6 Å². The van der Waals surface area contributed by atoms with Crippen molar-refractivity contribution in [1.82, 2.24) is 5.32 Å². The Kier molecular flexibility index (Phi) is 7.98. The van der Waals surface area contributed by atoms with Gasteiger partial charge in [0.1, 0.15) is 5.75 Å². The second-order valence-corrected chi connectivity index (χ2v) is 8.85. The molecule has 2 aliphatic carbocycles. The highest BCUT2D eigenvalue weighted by molar-refractivity contribution is 5.30. The molecule has 0 spiro atoms. The maximum atomic E-state index is 12.9. The minimum atomic E-state index is -4.84. The molecule has 0 radical (unpaired) electrons. The maximum Gasteiger partial charge on any atom is 0.573 e. The lowest BCUT2D eigenvalue weighted by atomic mass is 9.76. The van der Waals surface area contributed by atoms with Crippen molar-refractivity contribution in [2.75, 3.05) is 6.54 Å². The summed E-state index contributed by atoms with van der Waals surface area (Å²) in [4.78, 5) is 0. The number of β-amino-alcohol motifs (C(OH)–C–C–N with tert-alkyl or cyclic N) is 1. The molecule has 182 valence electrons. The van der Waals surface area contributed by atoms with Crippen LogP contribution < -0.4 is 10.1 Å². The minimum absolute atomic E-state index is 0.139. The van der Waals surface area contributed by atoms with E-state index in [1.165, 1.54) is 18.2 Å². The SMILES string of the molecule is OC(CNC1(Cc2cccc(OC(F)(F)F)c2)CCCC(OC2CCCC2)C1)C(F)(F)F. The number of hydrogen-bond acceptors (Lipinski definition) is 4. The van der Waals surface area contributed by atoms with E-state index in [2.05, 4.69) is 10.1 Å². The number of nitrogens with one attached hydrogen (secondary N) is 1. The van der Waals surface area contributed by atoms with Crippen molar-refractivity contribution in [3.05, 3.63) is 29.8 Å². The molecule has 0 aliphatic heterocycles. The molecule has 2 fully saturated rings. The molecule has 0 aromatic heterocycles. The van der Waals surface area contributed by atoms with Crippen LogP contribution in [-0.4, -0.2) is 48.0 Å². The van der Waals surface area contributed by atoms with Gasteiger partial charge in [0.25, 0.3) is 0 Å². The summed E-state index contributed by atoms with van der Waals surface area (Å²) in [6.45, 7) is -0.696. The fourth-order valence-corrected chi connectivity index (χ4v) is 4.78. The molecular formula is C22H29F6NO3. The van der Waals surface area contributed by atoms with Crippen molar-refractivity contribution in [2.24, 2.45) is 0 Å². The van der Waals surface area contributed by atoms with E-state index in [-0.39, 0.29) is 24.4 Å². The first-order valence-corrected chi connectivity index (χ1v) is 10.9. The topological polar surface area (TPSA) is 50.7 Å². The van der Waals surface area contributed by atoms with Crippen LogP contribution in [0.1, 0.15) is 56.9 Å². The fraction of sp³-hybridized carbons (Fsp3) is 0.727. The second kappa shape index (κ2) is 10.2. The number of halogens is 6. The van der Waals surface area contributed by atoms with Crippen molar-refractivity contribution in [1.29, 1.82) is 0 Å². The maximum absolute atomic E-state index is 12.9. The molecule has 1 aromatic rings. The van der Waals surface area contributed by atoms with Crippen molar-refractivity contribution >= 4 is 0 Å². The van der Waals surface area contributed by atoms with Gasteiger partial charge in [0.2, 0.25) is 0 Å². The number of hydrogen-bond donors (Lipinski definition) is 2. The Morgan fingerprint density at radius 2 is 1.72 bits per heavy atom. The third kappa shape index (κ3) is 7.52. The van der Waals surface area contributed by atoms with E-state index >= 15 is 0 Å². The van der Waals surface area contributed by atoms with Crippen LogP contribution in [0.25, 0.3) is 0 Å². The fourth-order valence-electron chi connectivity index (χ4n) is 4.78. The van der Waals surface area contributed by atoms with Crippen LogP contribution in [0.5, 0.6) is 5.75 Å². The summed E-state index contributed by atoms with van der Waals surface area (Å²) in [7, 11) is 0. The van der Waals surface area contributed by atoms with E-state index in [0.29, 0.717) is 24.8 Å². The predicted molar refractivity (Wildman–Crippen MR) is 105 cm³/mol. The Morgan fingerprint density at radius 3 is 2.38 bits per heavy atom. The Morgan fingerprint density at radius 1 is 1.03 bits per heavy atom. The number of alkyl halides is 6. The number of aliphatic hydroxyl groups is 1.